The van der Waals surface area contributed by atoms with Crippen LogP contribution in [-0.2, 0) is 4.79 Å². The van der Waals surface area contributed by atoms with Crippen LogP contribution in [-0.4, -0.2) is 41.3 Å². The highest BCUT2D eigenvalue weighted by Crippen LogP contribution is 2.24. The van der Waals surface area contributed by atoms with E-state index in [-0.39, 0.29) is 17.5 Å². The van der Waals surface area contributed by atoms with Crippen LogP contribution in [0.25, 0.3) is 0 Å². The highest BCUT2D eigenvalue weighted by atomic mass is 16.2. The molecule has 0 radical (unpaired) electrons. The number of carbonyl (C=O) groups excluding carboxylic acids is 2. The second-order valence-electron chi connectivity index (χ2n) is 5.99. The molecule has 0 spiro atoms. The van der Waals surface area contributed by atoms with Crippen molar-refractivity contribution >= 4 is 17.5 Å². The first kappa shape index (κ1) is 16.7. The Bertz CT molecular complexity index is 857. The molecular formula is C19H18N4O2. The van der Waals surface area contributed by atoms with Crippen molar-refractivity contribution in [1.82, 2.24) is 9.88 Å². The third-order valence-electron chi connectivity index (χ3n) is 4.46. The maximum Gasteiger partial charge on any atom is 0.272 e. The highest BCUT2D eigenvalue weighted by Gasteiger charge is 2.37. The predicted molar refractivity (Wildman–Crippen MR) is 93.0 cm³/mol. The average Bonchev–Trinajstić information content (AvgIpc) is 3.02. The van der Waals surface area contributed by atoms with Crippen LogP contribution < -0.4 is 4.90 Å². The van der Waals surface area contributed by atoms with Gasteiger partial charge in [0.1, 0.15) is 17.8 Å². The fraction of sp³-hybridized carbons (Fsp3) is 0.263. The van der Waals surface area contributed by atoms with E-state index < -0.39 is 6.04 Å². The summed E-state index contributed by atoms with van der Waals surface area (Å²) in [4.78, 5) is 32.7. The number of aryl methyl sites for hydroxylation is 1. The van der Waals surface area contributed by atoms with Gasteiger partial charge in [0.15, 0.2) is 0 Å². The summed E-state index contributed by atoms with van der Waals surface area (Å²) >= 11 is 0. The minimum Gasteiger partial charge on any atom is -0.328 e. The van der Waals surface area contributed by atoms with E-state index in [2.05, 4.69) is 4.98 Å². The number of rotatable bonds is 3. The van der Waals surface area contributed by atoms with Gasteiger partial charge in [-0.25, -0.2) is 4.98 Å². The number of likely N-dealkylation sites (N-methyl/N-ethyl adjacent to an activating group) is 1. The van der Waals surface area contributed by atoms with Gasteiger partial charge in [0, 0.05) is 19.3 Å². The Morgan fingerprint density at radius 3 is 2.64 bits per heavy atom. The van der Waals surface area contributed by atoms with Gasteiger partial charge < -0.3 is 9.80 Å². The number of nitrogens with zero attached hydrogens (tertiary/aromatic N) is 4. The van der Waals surface area contributed by atoms with Crippen molar-refractivity contribution in [3.63, 3.8) is 0 Å². The number of pyridine rings is 1. The Balaban J connectivity index is 1.78. The quantitative estimate of drug-likeness (QED) is 0.861. The summed E-state index contributed by atoms with van der Waals surface area (Å²) in [6, 6.07) is 14.1. The zero-order valence-corrected chi connectivity index (χ0v) is 14.1. The Hall–Kier alpha value is -3.20. The molecule has 1 aromatic carbocycles. The van der Waals surface area contributed by atoms with E-state index in [0.717, 1.165) is 5.69 Å². The second-order valence-corrected chi connectivity index (χ2v) is 5.99. The molecule has 0 saturated carbocycles. The summed E-state index contributed by atoms with van der Waals surface area (Å²) in [6.07, 6.45) is 0.575. The standard InChI is InChI=1S/C19H18N4O2/c1-13-14(12-20)8-9-16(21-13)18(24)22(2)17-10-11-23(19(17)25)15-6-4-3-5-7-15/h3-9,17H,10-11H2,1-2H3/t17-/m0/s1. The van der Waals surface area contributed by atoms with Gasteiger partial charge in [-0.15, -0.1) is 0 Å². The Morgan fingerprint density at radius 2 is 2.00 bits per heavy atom. The van der Waals surface area contributed by atoms with Gasteiger partial charge in [0.05, 0.1) is 11.3 Å². The molecule has 6 nitrogen and oxygen atoms in total. The minimum atomic E-state index is -0.509. The Kier molecular flexibility index (Phi) is 4.48. The first-order valence-electron chi connectivity index (χ1n) is 8.04. The van der Waals surface area contributed by atoms with Crippen LogP contribution >= 0.6 is 0 Å². The van der Waals surface area contributed by atoms with Gasteiger partial charge in [-0.3, -0.25) is 9.59 Å². The molecule has 2 aromatic rings. The SMILES string of the molecule is Cc1nc(C(=O)N(C)[C@H]2CCN(c3ccccc3)C2=O)ccc1C#N. The summed E-state index contributed by atoms with van der Waals surface area (Å²) in [5.41, 5.74) is 2.02. The molecule has 126 valence electrons. The molecular weight excluding hydrogens is 316 g/mol. The van der Waals surface area contributed by atoms with Gasteiger partial charge >= 0.3 is 0 Å². The lowest BCUT2D eigenvalue weighted by Gasteiger charge is -2.24. The molecule has 0 unspecified atom stereocenters. The Labute approximate surface area is 146 Å². The van der Waals surface area contributed by atoms with Crippen LogP contribution in [0, 0.1) is 18.3 Å². The molecule has 0 N–H and O–H groups in total. The van der Waals surface area contributed by atoms with Crippen LogP contribution in [0.5, 0.6) is 0 Å². The number of nitriles is 1. The van der Waals surface area contributed by atoms with Crippen molar-refractivity contribution in [3.8, 4) is 6.07 Å². The highest BCUT2D eigenvalue weighted by molar-refractivity contribution is 6.03. The van der Waals surface area contributed by atoms with Crippen LogP contribution in [0.4, 0.5) is 5.69 Å². The maximum absolute atomic E-state index is 12.7. The number of benzene rings is 1. The molecule has 0 aliphatic carbocycles. The lowest BCUT2D eigenvalue weighted by Crippen LogP contribution is -2.43. The van der Waals surface area contributed by atoms with Crippen molar-refractivity contribution in [2.75, 3.05) is 18.5 Å². The van der Waals surface area contributed by atoms with Crippen molar-refractivity contribution in [2.24, 2.45) is 0 Å². The number of amides is 2. The van der Waals surface area contributed by atoms with E-state index >= 15 is 0 Å². The van der Waals surface area contributed by atoms with Gasteiger partial charge in [-0.1, -0.05) is 18.2 Å². The molecule has 1 aliphatic rings. The smallest absolute Gasteiger partial charge is 0.272 e. The molecule has 2 amide bonds. The number of carbonyl (C=O) groups is 2. The number of anilines is 1. The number of hydrogen-bond acceptors (Lipinski definition) is 4. The van der Waals surface area contributed by atoms with Crippen molar-refractivity contribution < 1.29 is 9.59 Å². The lowest BCUT2D eigenvalue weighted by molar-refractivity contribution is -0.120. The molecule has 2 heterocycles. The average molecular weight is 334 g/mol. The first-order valence-corrected chi connectivity index (χ1v) is 8.04. The minimum absolute atomic E-state index is 0.0904. The summed E-state index contributed by atoms with van der Waals surface area (Å²) in [5.74, 6) is -0.409. The summed E-state index contributed by atoms with van der Waals surface area (Å²) in [6.45, 7) is 2.26. The summed E-state index contributed by atoms with van der Waals surface area (Å²) < 4.78 is 0. The van der Waals surface area contributed by atoms with Gasteiger partial charge in [-0.05, 0) is 37.6 Å². The van der Waals surface area contributed by atoms with E-state index in [0.29, 0.717) is 24.2 Å². The van der Waals surface area contributed by atoms with E-state index in [9.17, 15) is 9.59 Å². The third-order valence-corrected chi connectivity index (χ3v) is 4.46. The summed E-state index contributed by atoms with van der Waals surface area (Å²) in [7, 11) is 1.62. The van der Waals surface area contributed by atoms with Crippen LogP contribution in [0.1, 0.15) is 28.2 Å². The van der Waals surface area contributed by atoms with E-state index in [4.69, 9.17) is 5.26 Å². The van der Waals surface area contributed by atoms with E-state index in [1.165, 1.54) is 11.0 Å². The monoisotopic (exact) mass is 334 g/mol. The second kappa shape index (κ2) is 6.73. The van der Waals surface area contributed by atoms with Crippen molar-refractivity contribution in [1.29, 1.82) is 5.26 Å². The largest absolute Gasteiger partial charge is 0.328 e. The number of aromatic nitrogens is 1. The maximum atomic E-state index is 12.7. The molecule has 3 rings (SSSR count). The molecule has 1 atom stereocenters. The zero-order valence-electron chi connectivity index (χ0n) is 14.1. The van der Waals surface area contributed by atoms with Crippen LogP contribution in [0.2, 0.25) is 0 Å². The van der Waals surface area contributed by atoms with Crippen molar-refractivity contribution in [2.45, 2.75) is 19.4 Å². The summed E-state index contributed by atoms with van der Waals surface area (Å²) in [5, 5.41) is 8.97. The number of hydrogen-bond donors (Lipinski definition) is 0. The fourth-order valence-corrected chi connectivity index (χ4v) is 3.01. The van der Waals surface area contributed by atoms with Gasteiger partial charge in [0.25, 0.3) is 5.91 Å². The molecule has 1 aliphatic heterocycles. The first-order chi connectivity index (χ1) is 12.0. The molecule has 1 aromatic heterocycles. The predicted octanol–water partition coefficient (Wildman–Crippen LogP) is 2.14. The molecule has 1 saturated heterocycles. The van der Waals surface area contributed by atoms with E-state index in [1.807, 2.05) is 36.4 Å². The van der Waals surface area contributed by atoms with Gasteiger partial charge in [-0.2, -0.15) is 5.26 Å². The topological polar surface area (TPSA) is 77.3 Å². The molecule has 0 bridgehead atoms. The Morgan fingerprint density at radius 1 is 1.28 bits per heavy atom. The van der Waals surface area contributed by atoms with Crippen LogP contribution in [0.15, 0.2) is 42.5 Å². The molecule has 1 fully saturated rings. The third kappa shape index (κ3) is 3.09. The lowest BCUT2D eigenvalue weighted by atomic mass is 10.1. The fourth-order valence-electron chi connectivity index (χ4n) is 3.01. The van der Waals surface area contributed by atoms with Crippen molar-refractivity contribution in [3.05, 3.63) is 59.4 Å². The molecule has 25 heavy (non-hydrogen) atoms. The van der Waals surface area contributed by atoms with Crippen LogP contribution in [0.3, 0.4) is 0 Å². The van der Waals surface area contributed by atoms with Gasteiger partial charge in [0.2, 0.25) is 5.91 Å². The molecule has 6 heteroatoms. The zero-order chi connectivity index (χ0) is 18.0. The normalized spacial score (nSPS) is 16.6. The number of para-hydroxylation sites is 1. The van der Waals surface area contributed by atoms with E-state index in [1.54, 1.807) is 24.9 Å².